The number of aliphatic imine (C=N–C) groups is 1. The number of thiazole rings is 1. The molecule has 28 heavy (non-hydrogen) atoms. The molecule has 3 amide bonds. The van der Waals surface area contributed by atoms with Crippen molar-refractivity contribution in [3.63, 3.8) is 0 Å². The minimum atomic E-state index is -0.573. The van der Waals surface area contributed by atoms with Crippen molar-refractivity contribution >= 4 is 40.3 Å². The molecule has 1 aliphatic rings. The predicted molar refractivity (Wildman–Crippen MR) is 113 cm³/mol. The van der Waals surface area contributed by atoms with Gasteiger partial charge >= 0.3 is 6.03 Å². The van der Waals surface area contributed by atoms with Gasteiger partial charge in [0.05, 0.1) is 16.3 Å². The number of nitrogens with zero attached hydrogens (tertiary/aromatic N) is 4. The number of anilines is 1. The highest BCUT2D eigenvalue weighted by Crippen LogP contribution is 2.27. The van der Waals surface area contributed by atoms with Gasteiger partial charge in [0.25, 0.3) is 0 Å². The van der Waals surface area contributed by atoms with Gasteiger partial charge in [-0.2, -0.15) is 0 Å². The van der Waals surface area contributed by atoms with Crippen LogP contribution >= 0.6 is 11.3 Å². The number of hydrogen-bond acceptors (Lipinski definition) is 7. The average Bonchev–Trinajstić information content (AvgIpc) is 3.27. The summed E-state index contributed by atoms with van der Waals surface area (Å²) in [7, 11) is 1.90. The van der Waals surface area contributed by atoms with Gasteiger partial charge in [-0.05, 0) is 32.8 Å². The quantitative estimate of drug-likeness (QED) is 0.595. The van der Waals surface area contributed by atoms with Crippen molar-refractivity contribution in [1.82, 2.24) is 14.8 Å². The van der Waals surface area contributed by atoms with E-state index in [1.807, 2.05) is 25.8 Å². The SMILES string of the molecule is C=C(/N=C\C=C(/N)c1sc(NC(=O)N2CCC[C@H]2C(N)=O)nc1C)N(C)CC. The van der Waals surface area contributed by atoms with Crippen molar-refractivity contribution in [2.24, 2.45) is 16.5 Å². The molecule has 2 rings (SSSR count). The first kappa shape index (κ1) is 21.4. The fourth-order valence-electron chi connectivity index (χ4n) is 2.75. The lowest BCUT2D eigenvalue weighted by Gasteiger charge is -2.21. The zero-order chi connectivity index (χ0) is 20.8. The first-order valence-corrected chi connectivity index (χ1v) is 9.80. The van der Waals surface area contributed by atoms with Gasteiger partial charge < -0.3 is 21.3 Å². The van der Waals surface area contributed by atoms with E-state index in [0.717, 1.165) is 17.8 Å². The molecular formula is C18H27N7O2S. The Kier molecular flexibility index (Phi) is 7.16. The van der Waals surface area contributed by atoms with Gasteiger partial charge in [-0.25, -0.2) is 14.8 Å². The summed E-state index contributed by atoms with van der Waals surface area (Å²) in [6.07, 6.45) is 4.59. The minimum Gasteiger partial charge on any atom is -0.397 e. The van der Waals surface area contributed by atoms with Crippen LogP contribution in [0.4, 0.5) is 9.93 Å². The van der Waals surface area contributed by atoms with Crippen LogP contribution in [0.2, 0.25) is 0 Å². The van der Waals surface area contributed by atoms with E-state index in [1.165, 1.54) is 16.2 Å². The lowest BCUT2D eigenvalue weighted by Crippen LogP contribution is -2.45. The molecule has 2 heterocycles. The van der Waals surface area contributed by atoms with Gasteiger partial charge in [-0.3, -0.25) is 10.1 Å². The molecule has 1 atom stereocenters. The number of nitrogens with two attached hydrogens (primary N) is 2. The van der Waals surface area contributed by atoms with Crippen LogP contribution in [0.1, 0.15) is 30.3 Å². The number of carbonyl (C=O) groups is 2. The van der Waals surface area contributed by atoms with Gasteiger partial charge in [0, 0.05) is 26.4 Å². The van der Waals surface area contributed by atoms with Crippen molar-refractivity contribution < 1.29 is 9.59 Å². The summed E-state index contributed by atoms with van der Waals surface area (Å²) in [5.74, 6) is 0.139. The number of likely N-dealkylation sites (tertiary alicyclic amines) is 1. The van der Waals surface area contributed by atoms with E-state index in [9.17, 15) is 9.59 Å². The van der Waals surface area contributed by atoms with E-state index < -0.39 is 11.9 Å². The van der Waals surface area contributed by atoms with Crippen LogP contribution in [0.15, 0.2) is 23.5 Å². The maximum absolute atomic E-state index is 12.5. The smallest absolute Gasteiger partial charge is 0.324 e. The van der Waals surface area contributed by atoms with E-state index in [2.05, 4.69) is 21.9 Å². The van der Waals surface area contributed by atoms with Crippen LogP contribution < -0.4 is 16.8 Å². The highest BCUT2D eigenvalue weighted by molar-refractivity contribution is 7.16. The van der Waals surface area contributed by atoms with Gasteiger partial charge in [-0.1, -0.05) is 17.9 Å². The second-order valence-corrected chi connectivity index (χ2v) is 7.45. The maximum atomic E-state index is 12.5. The van der Waals surface area contributed by atoms with Crippen molar-refractivity contribution in [1.29, 1.82) is 0 Å². The third kappa shape index (κ3) is 5.10. The van der Waals surface area contributed by atoms with Gasteiger partial charge in [0.2, 0.25) is 5.91 Å². The first-order valence-electron chi connectivity index (χ1n) is 8.99. The highest BCUT2D eigenvalue weighted by atomic mass is 32.1. The Morgan fingerprint density at radius 3 is 2.86 bits per heavy atom. The normalized spacial score (nSPS) is 17.2. The lowest BCUT2D eigenvalue weighted by atomic mass is 10.2. The molecule has 1 aromatic rings. The lowest BCUT2D eigenvalue weighted by molar-refractivity contribution is -0.121. The number of nitrogens with one attached hydrogen (secondary N) is 1. The van der Waals surface area contributed by atoms with Gasteiger partial charge in [0.1, 0.15) is 11.9 Å². The highest BCUT2D eigenvalue weighted by Gasteiger charge is 2.33. The van der Waals surface area contributed by atoms with Crippen LogP contribution in [0, 0.1) is 6.92 Å². The Morgan fingerprint density at radius 1 is 1.50 bits per heavy atom. The van der Waals surface area contributed by atoms with Crippen LogP contribution in [-0.4, -0.2) is 59.1 Å². The van der Waals surface area contributed by atoms with Gasteiger partial charge in [-0.15, -0.1) is 0 Å². The number of urea groups is 1. The number of hydrogen-bond donors (Lipinski definition) is 3. The Bertz CT molecular complexity index is 815. The molecule has 0 bridgehead atoms. The molecule has 152 valence electrons. The van der Waals surface area contributed by atoms with E-state index >= 15 is 0 Å². The molecule has 1 fully saturated rings. The zero-order valence-electron chi connectivity index (χ0n) is 16.4. The fourth-order valence-corrected chi connectivity index (χ4v) is 3.64. The summed E-state index contributed by atoms with van der Waals surface area (Å²) >= 11 is 1.26. The molecular weight excluding hydrogens is 378 g/mol. The minimum absolute atomic E-state index is 0.385. The number of rotatable bonds is 7. The largest absolute Gasteiger partial charge is 0.397 e. The summed E-state index contributed by atoms with van der Waals surface area (Å²) in [6, 6.07) is -0.958. The predicted octanol–water partition coefficient (Wildman–Crippen LogP) is 1.73. The average molecular weight is 406 g/mol. The second kappa shape index (κ2) is 9.36. The number of primary amides is 1. The Morgan fingerprint density at radius 2 is 2.21 bits per heavy atom. The van der Waals surface area contributed by atoms with Crippen molar-refractivity contribution in [3.8, 4) is 0 Å². The summed E-state index contributed by atoms with van der Waals surface area (Å²) in [5, 5.41) is 3.14. The number of amides is 3. The van der Waals surface area contributed by atoms with Crippen LogP contribution in [-0.2, 0) is 4.79 Å². The first-order chi connectivity index (χ1) is 13.2. The van der Waals surface area contributed by atoms with E-state index in [4.69, 9.17) is 11.5 Å². The topological polar surface area (TPSA) is 130 Å². The Hall–Kier alpha value is -2.88. The molecule has 0 radical (unpaired) electrons. The number of aromatic nitrogens is 1. The fraction of sp³-hybridized carbons (Fsp3) is 0.444. The number of carbonyl (C=O) groups excluding carboxylic acids is 2. The molecule has 1 saturated heterocycles. The summed E-state index contributed by atoms with van der Waals surface area (Å²) in [5.41, 5.74) is 12.7. The molecule has 0 aliphatic carbocycles. The molecule has 1 aliphatic heterocycles. The molecule has 0 aromatic carbocycles. The second-order valence-electron chi connectivity index (χ2n) is 6.45. The van der Waals surface area contributed by atoms with E-state index in [-0.39, 0.29) is 6.03 Å². The summed E-state index contributed by atoms with van der Waals surface area (Å²) in [4.78, 5) is 36.6. The Labute approximate surface area is 168 Å². The third-order valence-electron chi connectivity index (χ3n) is 4.51. The molecule has 9 nitrogen and oxygen atoms in total. The monoisotopic (exact) mass is 405 g/mol. The number of allylic oxidation sites excluding steroid dienone is 1. The standard InChI is InChI=1S/C18H27N7O2S/c1-5-24(4)12(3)21-9-8-13(19)15-11(2)22-17(28-15)23-18(27)25-10-6-7-14(25)16(20)26/h8-9,14H,3,5-7,10,19H2,1-2,4H3,(H2,20,26)(H,22,23,27)/b13-8-,21-9-/t14-/m0/s1. The van der Waals surface area contributed by atoms with Gasteiger partial charge in [0.15, 0.2) is 5.13 Å². The molecule has 1 aromatic heterocycles. The van der Waals surface area contributed by atoms with Crippen LogP contribution in [0.25, 0.3) is 5.70 Å². The molecule has 10 heteroatoms. The molecule has 0 saturated carbocycles. The Balaban J connectivity index is 2.07. The zero-order valence-corrected chi connectivity index (χ0v) is 17.3. The summed E-state index contributed by atoms with van der Waals surface area (Å²) in [6.45, 7) is 8.99. The third-order valence-corrected chi connectivity index (χ3v) is 5.63. The molecule has 0 unspecified atom stereocenters. The van der Waals surface area contributed by atoms with Crippen molar-refractivity contribution in [3.05, 3.63) is 29.0 Å². The maximum Gasteiger partial charge on any atom is 0.324 e. The van der Waals surface area contributed by atoms with Crippen LogP contribution in [0.3, 0.4) is 0 Å². The van der Waals surface area contributed by atoms with Crippen molar-refractivity contribution in [2.45, 2.75) is 32.7 Å². The molecule has 5 N–H and O–H groups in total. The summed E-state index contributed by atoms with van der Waals surface area (Å²) < 4.78 is 0. The van der Waals surface area contributed by atoms with Crippen LogP contribution in [0.5, 0.6) is 0 Å². The van der Waals surface area contributed by atoms with E-state index in [0.29, 0.717) is 35.3 Å². The van der Waals surface area contributed by atoms with Crippen molar-refractivity contribution in [2.75, 3.05) is 25.5 Å². The number of aryl methyl sites for hydroxylation is 1. The molecule has 0 spiro atoms. The van der Waals surface area contributed by atoms with E-state index in [1.54, 1.807) is 12.3 Å².